The predicted molar refractivity (Wildman–Crippen MR) is 69.4 cm³/mol. The molecule has 2 N–H and O–H groups in total. The number of rotatable bonds is 2. The summed E-state index contributed by atoms with van der Waals surface area (Å²) in [5.41, 5.74) is 8.82. The van der Waals surface area contributed by atoms with Crippen LogP contribution >= 0.6 is 0 Å². The Morgan fingerprint density at radius 3 is 2.89 bits per heavy atom. The quantitative estimate of drug-likeness (QED) is 0.870. The topological polar surface area (TPSA) is 48.1 Å². The molecule has 3 heteroatoms. The third kappa shape index (κ3) is 1.72. The second-order valence-corrected chi connectivity index (χ2v) is 6.33. The first-order valence-electron chi connectivity index (χ1n) is 7.18. The van der Waals surface area contributed by atoms with Crippen LogP contribution in [-0.2, 0) is 6.42 Å². The zero-order chi connectivity index (χ0) is 12.2. The summed E-state index contributed by atoms with van der Waals surface area (Å²) in [5, 5.41) is 0. The van der Waals surface area contributed by atoms with Gasteiger partial charge in [-0.05, 0) is 56.1 Å². The van der Waals surface area contributed by atoms with E-state index in [0.717, 1.165) is 43.0 Å². The molecule has 18 heavy (non-hydrogen) atoms. The largest absolute Gasteiger partial charge is 0.471 e. The minimum atomic E-state index is 0.0252. The lowest BCUT2D eigenvalue weighted by molar-refractivity contribution is -0.0369. The highest BCUT2D eigenvalue weighted by Gasteiger charge is 2.45. The molecule has 3 aliphatic rings. The van der Waals surface area contributed by atoms with E-state index in [-0.39, 0.29) is 11.6 Å². The molecule has 1 aromatic heterocycles. The van der Waals surface area contributed by atoms with E-state index in [2.05, 4.69) is 11.1 Å². The molecule has 2 fully saturated rings. The van der Waals surface area contributed by atoms with Crippen LogP contribution in [0.1, 0.15) is 55.7 Å². The Hall–Kier alpha value is -1.09. The third-order valence-corrected chi connectivity index (χ3v) is 4.73. The standard InChI is InChI=1S/C15H20N2O/c16-13-8-15(4-1-5-15)18-14-12(13)7-11(9-17-14)6-10-2-3-10/h7,9-10,13H,1-6,8,16H2/t13-/m0/s1. The molecule has 1 spiro atoms. The fourth-order valence-electron chi connectivity index (χ4n) is 3.27. The van der Waals surface area contributed by atoms with Gasteiger partial charge in [0.15, 0.2) is 0 Å². The lowest BCUT2D eigenvalue weighted by Gasteiger charge is -2.46. The summed E-state index contributed by atoms with van der Waals surface area (Å²) in [7, 11) is 0. The predicted octanol–water partition coefficient (Wildman–Crippen LogP) is 2.74. The number of nitrogens with two attached hydrogens (primary N) is 1. The minimum absolute atomic E-state index is 0.0252. The molecule has 0 amide bonds. The fourth-order valence-corrected chi connectivity index (χ4v) is 3.27. The molecule has 0 unspecified atom stereocenters. The number of hydrogen-bond donors (Lipinski definition) is 1. The van der Waals surface area contributed by atoms with Gasteiger partial charge in [-0.3, -0.25) is 0 Å². The van der Waals surface area contributed by atoms with Crippen molar-refractivity contribution in [3.8, 4) is 5.88 Å². The molecule has 2 aliphatic carbocycles. The van der Waals surface area contributed by atoms with Crippen molar-refractivity contribution in [2.45, 2.75) is 56.6 Å². The minimum Gasteiger partial charge on any atom is -0.471 e. The van der Waals surface area contributed by atoms with E-state index in [0.29, 0.717) is 0 Å². The number of ether oxygens (including phenoxy) is 1. The smallest absolute Gasteiger partial charge is 0.218 e. The van der Waals surface area contributed by atoms with Crippen LogP contribution in [0, 0.1) is 5.92 Å². The van der Waals surface area contributed by atoms with Gasteiger partial charge in [-0.25, -0.2) is 4.98 Å². The van der Waals surface area contributed by atoms with Gasteiger partial charge in [0.25, 0.3) is 0 Å². The molecular formula is C15H20N2O. The summed E-state index contributed by atoms with van der Waals surface area (Å²) >= 11 is 0. The maximum absolute atomic E-state index is 6.33. The molecule has 1 atom stereocenters. The van der Waals surface area contributed by atoms with Crippen molar-refractivity contribution in [2.24, 2.45) is 11.7 Å². The van der Waals surface area contributed by atoms with Gasteiger partial charge in [-0.15, -0.1) is 0 Å². The van der Waals surface area contributed by atoms with Gasteiger partial charge in [-0.2, -0.15) is 0 Å². The van der Waals surface area contributed by atoms with Gasteiger partial charge in [-0.1, -0.05) is 0 Å². The van der Waals surface area contributed by atoms with Crippen LogP contribution in [0.2, 0.25) is 0 Å². The molecule has 3 nitrogen and oxygen atoms in total. The second-order valence-electron chi connectivity index (χ2n) is 6.33. The highest BCUT2D eigenvalue weighted by molar-refractivity contribution is 5.36. The molecule has 96 valence electrons. The van der Waals surface area contributed by atoms with E-state index in [4.69, 9.17) is 10.5 Å². The highest BCUT2D eigenvalue weighted by Crippen LogP contribution is 2.47. The summed E-state index contributed by atoms with van der Waals surface area (Å²) < 4.78 is 6.11. The fraction of sp³-hybridized carbons (Fsp3) is 0.667. The Morgan fingerprint density at radius 1 is 1.39 bits per heavy atom. The zero-order valence-corrected chi connectivity index (χ0v) is 10.7. The summed E-state index contributed by atoms with van der Waals surface area (Å²) in [4.78, 5) is 4.53. The van der Waals surface area contributed by atoms with Crippen LogP contribution in [0.4, 0.5) is 0 Å². The van der Waals surface area contributed by atoms with Crippen LogP contribution < -0.4 is 10.5 Å². The lowest BCUT2D eigenvalue weighted by Crippen LogP contribution is -2.48. The maximum Gasteiger partial charge on any atom is 0.218 e. The number of nitrogens with zero attached hydrogens (tertiary/aromatic N) is 1. The molecule has 1 aliphatic heterocycles. The van der Waals surface area contributed by atoms with E-state index < -0.39 is 0 Å². The van der Waals surface area contributed by atoms with Gasteiger partial charge in [0, 0.05) is 24.2 Å². The molecule has 1 aromatic rings. The first kappa shape index (κ1) is 10.8. The molecular weight excluding hydrogens is 224 g/mol. The number of aromatic nitrogens is 1. The number of hydrogen-bond acceptors (Lipinski definition) is 3. The van der Waals surface area contributed by atoms with Gasteiger partial charge >= 0.3 is 0 Å². The number of fused-ring (bicyclic) bond motifs is 1. The Kier molecular flexibility index (Phi) is 2.22. The summed E-state index contributed by atoms with van der Waals surface area (Å²) in [6.07, 6.45) is 10.4. The van der Waals surface area contributed by atoms with Crippen LogP contribution in [0.25, 0.3) is 0 Å². The first-order valence-corrected chi connectivity index (χ1v) is 7.18. The number of pyridine rings is 1. The molecule has 2 saturated carbocycles. The Bertz CT molecular complexity index is 477. The van der Waals surface area contributed by atoms with Crippen molar-refractivity contribution in [1.82, 2.24) is 4.98 Å². The molecule has 4 rings (SSSR count). The van der Waals surface area contributed by atoms with Crippen molar-refractivity contribution in [3.05, 3.63) is 23.4 Å². The van der Waals surface area contributed by atoms with E-state index in [9.17, 15) is 0 Å². The Morgan fingerprint density at radius 2 is 2.22 bits per heavy atom. The van der Waals surface area contributed by atoms with Crippen LogP contribution in [-0.4, -0.2) is 10.6 Å². The maximum atomic E-state index is 6.33. The van der Waals surface area contributed by atoms with Gasteiger partial charge in [0.2, 0.25) is 5.88 Å². The Labute approximate surface area is 108 Å². The van der Waals surface area contributed by atoms with Gasteiger partial charge in [0.1, 0.15) is 5.60 Å². The van der Waals surface area contributed by atoms with Gasteiger partial charge in [0.05, 0.1) is 0 Å². The van der Waals surface area contributed by atoms with E-state index >= 15 is 0 Å². The highest BCUT2D eigenvalue weighted by atomic mass is 16.5. The lowest BCUT2D eigenvalue weighted by atomic mass is 9.73. The van der Waals surface area contributed by atoms with Crippen molar-refractivity contribution in [1.29, 1.82) is 0 Å². The molecule has 0 saturated heterocycles. The van der Waals surface area contributed by atoms with E-state index in [1.807, 2.05) is 6.20 Å². The van der Waals surface area contributed by atoms with Crippen molar-refractivity contribution >= 4 is 0 Å². The van der Waals surface area contributed by atoms with Crippen LogP contribution in [0.15, 0.2) is 12.3 Å². The van der Waals surface area contributed by atoms with Crippen molar-refractivity contribution < 1.29 is 4.74 Å². The first-order chi connectivity index (χ1) is 8.74. The van der Waals surface area contributed by atoms with Crippen molar-refractivity contribution in [3.63, 3.8) is 0 Å². The monoisotopic (exact) mass is 244 g/mol. The average molecular weight is 244 g/mol. The normalized spacial score (nSPS) is 28.4. The van der Waals surface area contributed by atoms with E-state index in [1.165, 1.54) is 24.8 Å². The molecule has 0 bridgehead atoms. The average Bonchev–Trinajstić information content (AvgIpc) is 3.11. The molecule has 0 radical (unpaired) electrons. The zero-order valence-electron chi connectivity index (χ0n) is 10.7. The molecule has 2 heterocycles. The summed E-state index contributed by atoms with van der Waals surface area (Å²) in [6.45, 7) is 0. The SMILES string of the molecule is N[C@H]1CC2(CCC2)Oc2ncc(CC3CC3)cc21. The molecule has 0 aromatic carbocycles. The summed E-state index contributed by atoms with van der Waals surface area (Å²) in [6, 6.07) is 2.34. The third-order valence-electron chi connectivity index (χ3n) is 4.73. The van der Waals surface area contributed by atoms with Gasteiger partial charge < -0.3 is 10.5 Å². The van der Waals surface area contributed by atoms with E-state index in [1.54, 1.807) is 0 Å². The second kappa shape index (κ2) is 3.70. The summed E-state index contributed by atoms with van der Waals surface area (Å²) in [5.74, 6) is 1.69. The Balaban J connectivity index is 1.63. The van der Waals surface area contributed by atoms with Crippen LogP contribution in [0.5, 0.6) is 5.88 Å². The van der Waals surface area contributed by atoms with Crippen LogP contribution in [0.3, 0.4) is 0 Å². The van der Waals surface area contributed by atoms with Crippen molar-refractivity contribution in [2.75, 3.05) is 0 Å².